The van der Waals surface area contributed by atoms with E-state index in [0.717, 1.165) is 17.9 Å². The van der Waals surface area contributed by atoms with Gasteiger partial charge in [0.05, 0.1) is 11.4 Å². The first-order valence-corrected chi connectivity index (χ1v) is 8.08. The molecule has 0 fully saturated rings. The van der Waals surface area contributed by atoms with Crippen LogP contribution in [-0.4, -0.2) is 38.0 Å². The molecule has 1 atom stereocenters. The van der Waals surface area contributed by atoms with Gasteiger partial charge < -0.3 is 15.7 Å². The van der Waals surface area contributed by atoms with Gasteiger partial charge in [-0.2, -0.15) is 5.10 Å². The van der Waals surface area contributed by atoms with Gasteiger partial charge in [0, 0.05) is 12.1 Å². The number of hydrogen-bond donors (Lipinski definition) is 3. The third kappa shape index (κ3) is 4.11. The summed E-state index contributed by atoms with van der Waals surface area (Å²) in [5.41, 5.74) is 0.949. The number of carbonyl (C=O) groups is 1. The normalized spacial score (nSPS) is 13.4. The number of nitrogens with one attached hydrogen (secondary N) is 2. The summed E-state index contributed by atoms with van der Waals surface area (Å²) in [6, 6.07) is 7.13. The van der Waals surface area contributed by atoms with E-state index < -0.39 is 5.54 Å². The van der Waals surface area contributed by atoms with Crippen LogP contribution in [-0.2, 0) is 0 Å². The van der Waals surface area contributed by atoms with E-state index in [9.17, 15) is 9.90 Å². The number of aliphatic hydroxyl groups excluding tert-OH is 1. The van der Waals surface area contributed by atoms with Crippen LogP contribution >= 0.6 is 0 Å². The Bertz CT molecular complexity index is 713. The standard InChI is InChI=1S/C17H25N5O2/c1-5-17(4,10-11-23)20-16(24)19-14-8-6-7-9-15(14)22-13(3)18-12(2)21-22/h6-9,23H,5,10-11H2,1-4H3,(H2,19,20,24). The number of aryl methyl sites for hydroxylation is 2. The van der Waals surface area contributed by atoms with Crippen molar-refractivity contribution in [3.8, 4) is 5.69 Å². The number of nitrogens with zero attached hydrogens (tertiary/aromatic N) is 3. The maximum atomic E-state index is 12.4. The first-order chi connectivity index (χ1) is 11.4. The molecule has 24 heavy (non-hydrogen) atoms. The van der Waals surface area contributed by atoms with Crippen LogP contribution in [0.1, 0.15) is 38.3 Å². The summed E-state index contributed by atoms with van der Waals surface area (Å²) in [5.74, 6) is 1.43. The number of amides is 2. The number of hydrogen-bond acceptors (Lipinski definition) is 4. The Labute approximate surface area is 142 Å². The first-order valence-electron chi connectivity index (χ1n) is 8.08. The number of aromatic nitrogens is 3. The molecule has 0 radical (unpaired) electrons. The lowest BCUT2D eigenvalue weighted by Crippen LogP contribution is -2.48. The van der Waals surface area contributed by atoms with Crippen molar-refractivity contribution < 1.29 is 9.90 Å². The molecule has 3 N–H and O–H groups in total. The molecule has 7 heteroatoms. The van der Waals surface area contributed by atoms with Gasteiger partial charge >= 0.3 is 6.03 Å². The van der Waals surface area contributed by atoms with Gasteiger partial charge in [0.2, 0.25) is 0 Å². The fourth-order valence-electron chi connectivity index (χ4n) is 2.52. The molecule has 130 valence electrons. The van der Waals surface area contributed by atoms with Gasteiger partial charge in [-0.15, -0.1) is 0 Å². The molecule has 1 unspecified atom stereocenters. The van der Waals surface area contributed by atoms with Crippen LogP contribution < -0.4 is 10.6 Å². The highest BCUT2D eigenvalue weighted by atomic mass is 16.3. The number of rotatable bonds is 6. The van der Waals surface area contributed by atoms with Gasteiger partial charge in [-0.25, -0.2) is 14.5 Å². The van der Waals surface area contributed by atoms with Gasteiger partial charge in [0.1, 0.15) is 11.6 Å². The van der Waals surface area contributed by atoms with Crippen molar-refractivity contribution in [3.05, 3.63) is 35.9 Å². The van der Waals surface area contributed by atoms with Crippen molar-refractivity contribution >= 4 is 11.7 Å². The lowest BCUT2D eigenvalue weighted by atomic mass is 9.95. The van der Waals surface area contributed by atoms with Crippen molar-refractivity contribution in [2.75, 3.05) is 11.9 Å². The largest absolute Gasteiger partial charge is 0.396 e. The maximum Gasteiger partial charge on any atom is 0.319 e. The predicted octanol–water partition coefficient (Wildman–Crippen LogP) is 2.56. The highest BCUT2D eigenvalue weighted by Crippen LogP contribution is 2.21. The van der Waals surface area contributed by atoms with Crippen LogP contribution in [0.5, 0.6) is 0 Å². The average molecular weight is 331 g/mol. The fourth-order valence-corrected chi connectivity index (χ4v) is 2.52. The molecule has 0 saturated heterocycles. The lowest BCUT2D eigenvalue weighted by molar-refractivity contribution is 0.208. The SMILES string of the molecule is CCC(C)(CCO)NC(=O)Nc1ccccc1-n1nc(C)nc1C. The molecule has 0 spiro atoms. The summed E-state index contributed by atoms with van der Waals surface area (Å²) in [4.78, 5) is 16.7. The van der Waals surface area contributed by atoms with Crippen molar-refractivity contribution in [3.63, 3.8) is 0 Å². The molecule has 2 amide bonds. The molecule has 2 rings (SSSR count). The number of carbonyl (C=O) groups excluding carboxylic acids is 1. The van der Waals surface area contributed by atoms with E-state index in [1.165, 1.54) is 0 Å². The Morgan fingerprint density at radius 2 is 2.04 bits per heavy atom. The topological polar surface area (TPSA) is 92.1 Å². The molecule has 2 aromatic rings. The number of para-hydroxylation sites is 2. The number of aliphatic hydroxyl groups is 1. The zero-order valence-corrected chi connectivity index (χ0v) is 14.6. The third-order valence-corrected chi connectivity index (χ3v) is 4.11. The Morgan fingerprint density at radius 1 is 1.33 bits per heavy atom. The predicted molar refractivity (Wildman–Crippen MR) is 93.4 cm³/mol. The number of benzene rings is 1. The van der Waals surface area contributed by atoms with Gasteiger partial charge in [0.15, 0.2) is 0 Å². The van der Waals surface area contributed by atoms with Crippen LogP contribution in [0.2, 0.25) is 0 Å². The van der Waals surface area contributed by atoms with Crippen LogP contribution in [0.3, 0.4) is 0 Å². The van der Waals surface area contributed by atoms with Gasteiger partial charge in [-0.05, 0) is 45.7 Å². The molecule has 1 heterocycles. The van der Waals surface area contributed by atoms with Crippen LogP contribution in [0.4, 0.5) is 10.5 Å². The first kappa shape index (κ1) is 17.9. The summed E-state index contributed by atoms with van der Waals surface area (Å²) < 4.78 is 1.71. The average Bonchev–Trinajstić information content (AvgIpc) is 2.86. The monoisotopic (exact) mass is 331 g/mol. The third-order valence-electron chi connectivity index (χ3n) is 4.11. The molecule has 0 saturated carbocycles. The van der Waals surface area contributed by atoms with E-state index in [-0.39, 0.29) is 12.6 Å². The van der Waals surface area contributed by atoms with E-state index in [0.29, 0.717) is 17.9 Å². The lowest BCUT2D eigenvalue weighted by Gasteiger charge is -2.29. The van der Waals surface area contributed by atoms with Crippen molar-refractivity contribution in [1.82, 2.24) is 20.1 Å². The molecule has 0 aliphatic carbocycles. The minimum absolute atomic E-state index is 0.0264. The summed E-state index contributed by atoms with van der Waals surface area (Å²) >= 11 is 0. The molecule has 1 aromatic carbocycles. The molecular weight excluding hydrogens is 306 g/mol. The Morgan fingerprint density at radius 3 is 2.62 bits per heavy atom. The molecule has 0 bridgehead atoms. The zero-order chi connectivity index (χ0) is 17.7. The summed E-state index contributed by atoms with van der Waals surface area (Å²) in [6.07, 6.45) is 1.23. The highest BCUT2D eigenvalue weighted by molar-refractivity contribution is 5.92. The molecule has 0 aliphatic heterocycles. The molecule has 7 nitrogen and oxygen atoms in total. The quantitative estimate of drug-likeness (QED) is 0.758. The minimum Gasteiger partial charge on any atom is -0.396 e. The molecule has 0 aliphatic rings. The summed E-state index contributed by atoms with van der Waals surface area (Å²) in [7, 11) is 0. The summed E-state index contributed by atoms with van der Waals surface area (Å²) in [6.45, 7) is 7.61. The van der Waals surface area contributed by atoms with E-state index in [4.69, 9.17) is 0 Å². The van der Waals surface area contributed by atoms with Crippen molar-refractivity contribution in [1.29, 1.82) is 0 Å². The molecule has 1 aromatic heterocycles. The van der Waals surface area contributed by atoms with Crippen molar-refractivity contribution in [2.45, 2.75) is 46.1 Å². The Balaban J connectivity index is 2.22. The Hall–Kier alpha value is -2.41. The van der Waals surface area contributed by atoms with Crippen LogP contribution in [0.25, 0.3) is 5.69 Å². The smallest absolute Gasteiger partial charge is 0.319 e. The molecular formula is C17H25N5O2. The van der Waals surface area contributed by atoms with Crippen LogP contribution in [0.15, 0.2) is 24.3 Å². The van der Waals surface area contributed by atoms with Gasteiger partial charge in [-0.3, -0.25) is 0 Å². The Kier molecular flexibility index (Phi) is 5.56. The number of urea groups is 1. The summed E-state index contributed by atoms with van der Waals surface area (Å²) in [5, 5.41) is 19.3. The zero-order valence-electron chi connectivity index (χ0n) is 14.6. The van der Waals surface area contributed by atoms with Gasteiger partial charge in [0.25, 0.3) is 0 Å². The second kappa shape index (κ2) is 7.44. The second-order valence-corrected chi connectivity index (χ2v) is 6.10. The fraction of sp³-hybridized carbons (Fsp3) is 0.471. The van der Waals surface area contributed by atoms with Gasteiger partial charge in [-0.1, -0.05) is 19.1 Å². The van der Waals surface area contributed by atoms with E-state index in [1.54, 1.807) is 4.68 Å². The minimum atomic E-state index is -0.451. The highest BCUT2D eigenvalue weighted by Gasteiger charge is 2.24. The van der Waals surface area contributed by atoms with E-state index >= 15 is 0 Å². The second-order valence-electron chi connectivity index (χ2n) is 6.10. The van der Waals surface area contributed by atoms with E-state index in [2.05, 4.69) is 20.7 Å². The van der Waals surface area contributed by atoms with E-state index in [1.807, 2.05) is 52.0 Å². The van der Waals surface area contributed by atoms with Crippen LogP contribution in [0, 0.1) is 13.8 Å². The van der Waals surface area contributed by atoms with Crippen molar-refractivity contribution in [2.24, 2.45) is 0 Å². The number of anilines is 1. The maximum absolute atomic E-state index is 12.4.